The molecule has 1 saturated heterocycles. The van der Waals surface area contributed by atoms with Crippen LogP contribution in [-0.2, 0) is 17.4 Å². The topological polar surface area (TPSA) is 76.8 Å². The normalized spacial score (nSPS) is 21.3. The first-order valence-corrected chi connectivity index (χ1v) is 11.8. The maximum Gasteiger partial charge on any atom is 0.417 e. The lowest BCUT2D eigenvalue weighted by molar-refractivity contribution is -0.137. The van der Waals surface area contributed by atoms with Gasteiger partial charge in [0, 0.05) is 5.69 Å². The molecule has 10 heteroatoms. The number of hydrogen-bond acceptors (Lipinski definition) is 5. The highest BCUT2D eigenvalue weighted by atomic mass is 32.1. The molecule has 1 N–H and O–H groups in total. The zero-order valence-corrected chi connectivity index (χ0v) is 19.5. The van der Waals surface area contributed by atoms with Crippen molar-refractivity contribution in [2.75, 3.05) is 16.4 Å². The zero-order chi connectivity index (χ0) is 25.0. The molecule has 1 atom stereocenters. The van der Waals surface area contributed by atoms with E-state index in [0.29, 0.717) is 37.1 Å². The molecule has 5 rings (SSSR count). The summed E-state index contributed by atoms with van der Waals surface area (Å²) in [7, 11) is 0. The second-order valence-corrected chi connectivity index (χ2v) is 9.45. The summed E-state index contributed by atoms with van der Waals surface area (Å²) in [6, 6.07) is 10.3. The first-order chi connectivity index (χ1) is 16.7. The molecule has 2 fully saturated rings. The van der Waals surface area contributed by atoms with Gasteiger partial charge in [0.15, 0.2) is 5.11 Å². The van der Waals surface area contributed by atoms with E-state index in [4.69, 9.17) is 22.2 Å². The number of nitrogens with zero attached hydrogens (tertiary/aromatic N) is 3. The number of carbonyl (C=O) groups is 1. The SMILES string of the molecule is N#Cc1ccc(N2C(=O)C3(CCCC3)N(c3ccc4c(c3)CC[C@H](CO)O4)C2=S)cc1C(F)(F)F. The van der Waals surface area contributed by atoms with Crippen molar-refractivity contribution in [1.29, 1.82) is 5.26 Å². The average molecular weight is 502 g/mol. The Morgan fingerprint density at radius 2 is 1.89 bits per heavy atom. The minimum Gasteiger partial charge on any atom is -0.488 e. The molecule has 2 aliphatic heterocycles. The first kappa shape index (κ1) is 23.6. The molecule has 1 amide bonds. The number of thiocarbonyl (C=S) groups is 1. The molecule has 2 aromatic rings. The van der Waals surface area contributed by atoms with Gasteiger partial charge in [-0.05, 0) is 79.9 Å². The minimum absolute atomic E-state index is 0.00724. The molecule has 6 nitrogen and oxygen atoms in total. The summed E-state index contributed by atoms with van der Waals surface area (Å²) in [6.45, 7) is -0.0749. The maximum absolute atomic E-state index is 13.8. The number of amides is 1. The number of anilines is 2. The number of nitriles is 1. The molecular formula is C25H22F3N3O3S. The molecule has 0 bridgehead atoms. The lowest BCUT2D eigenvalue weighted by atomic mass is 9.94. The van der Waals surface area contributed by atoms with E-state index >= 15 is 0 Å². The van der Waals surface area contributed by atoms with Gasteiger partial charge in [0.05, 0.1) is 29.5 Å². The number of hydrogen-bond donors (Lipinski definition) is 1. The van der Waals surface area contributed by atoms with Gasteiger partial charge in [-0.1, -0.05) is 12.8 Å². The largest absolute Gasteiger partial charge is 0.488 e. The van der Waals surface area contributed by atoms with Crippen LogP contribution in [0.1, 0.15) is 48.8 Å². The number of aryl methyl sites for hydroxylation is 1. The van der Waals surface area contributed by atoms with Gasteiger partial charge < -0.3 is 14.7 Å². The summed E-state index contributed by atoms with van der Waals surface area (Å²) >= 11 is 5.72. The first-order valence-electron chi connectivity index (χ1n) is 11.4. The molecule has 0 aromatic heterocycles. The lowest BCUT2D eigenvalue weighted by Gasteiger charge is -2.34. The Hall–Kier alpha value is -3.16. The van der Waals surface area contributed by atoms with Gasteiger partial charge in [-0.3, -0.25) is 9.69 Å². The highest BCUT2D eigenvalue weighted by molar-refractivity contribution is 7.81. The van der Waals surface area contributed by atoms with Crippen LogP contribution in [-0.4, -0.2) is 34.4 Å². The fraction of sp³-hybridized carbons (Fsp3) is 0.400. The van der Waals surface area contributed by atoms with Crippen molar-refractivity contribution in [1.82, 2.24) is 0 Å². The van der Waals surface area contributed by atoms with Crippen molar-refractivity contribution < 1.29 is 27.8 Å². The van der Waals surface area contributed by atoms with Gasteiger partial charge in [-0.25, -0.2) is 0 Å². The number of aliphatic hydroxyl groups is 1. The van der Waals surface area contributed by atoms with E-state index in [1.165, 1.54) is 11.0 Å². The third kappa shape index (κ3) is 3.74. The Kier molecular flexibility index (Phi) is 5.73. The molecule has 1 spiro atoms. The predicted molar refractivity (Wildman–Crippen MR) is 126 cm³/mol. The molecule has 2 heterocycles. The van der Waals surface area contributed by atoms with Crippen LogP contribution >= 0.6 is 12.2 Å². The molecular weight excluding hydrogens is 479 g/mol. The van der Waals surface area contributed by atoms with Crippen molar-refractivity contribution in [2.45, 2.75) is 56.3 Å². The molecule has 1 aliphatic carbocycles. The van der Waals surface area contributed by atoms with Crippen molar-refractivity contribution in [3.63, 3.8) is 0 Å². The van der Waals surface area contributed by atoms with Gasteiger partial charge in [0.2, 0.25) is 0 Å². The number of alkyl halides is 3. The number of carbonyl (C=O) groups excluding carboxylic acids is 1. The molecule has 1 saturated carbocycles. The highest BCUT2D eigenvalue weighted by Crippen LogP contribution is 2.47. The van der Waals surface area contributed by atoms with Crippen LogP contribution in [0.3, 0.4) is 0 Å². The van der Waals surface area contributed by atoms with Crippen LogP contribution in [0.4, 0.5) is 24.5 Å². The van der Waals surface area contributed by atoms with Gasteiger partial charge >= 0.3 is 6.18 Å². The van der Waals surface area contributed by atoms with Crippen molar-refractivity contribution in [3.8, 4) is 11.8 Å². The molecule has 3 aliphatic rings. The van der Waals surface area contributed by atoms with Crippen molar-refractivity contribution in [2.24, 2.45) is 0 Å². The predicted octanol–water partition coefficient (Wildman–Crippen LogP) is 4.71. The second kappa shape index (κ2) is 8.50. The Bertz CT molecular complexity index is 1250. The van der Waals surface area contributed by atoms with Crippen LogP contribution < -0.4 is 14.5 Å². The fourth-order valence-electron chi connectivity index (χ4n) is 5.36. The lowest BCUT2D eigenvalue weighted by Crippen LogP contribution is -2.47. The molecule has 0 unspecified atom stereocenters. The number of halogens is 3. The van der Waals surface area contributed by atoms with Crippen LogP contribution in [0.2, 0.25) is 0 Å². The van der Waals surface area contributed by atoms with Crippen molar-refractivity contribution in [3.05, 3.63) is 53.1 Å². The van der Waals surface area contributed by atoms with E-state index in [2.05, 4.69) is 0 Å². The quantitative estimate of drug-likeness (QED) is 0.614. The van der Waals surface area contributed by atoms with Crippen LogP contribution in [0.25, 0.3) is 0 Å². The number of benzene rings is 2. The summed E-state index contributed by atoms with van der Waals surface area (Å²) in [5, 5.41) is 18.7. The van der Waals surface area contributed by atoms with E-state index < -0.39 is 22.8 Å². The second-order valence-electron chi connectivity index (χ2n) is 9.09. The summed E-state index contributed by atoms with van der Waals surface area (Å²) in [5.41, 5.74) is -0.986. The zero-order valence-electron chi connectivity index (χ0n) is 18.6. The standard InChI is InChI=1S/C25H22F3N3O3S/c26-25(27,28)20-12-17(5-3-16(20)13-29)30-22(33)24(9-1-2-10-24)31(23(30)35)18-6-8-21-15(11-18)4-7-19(14-32)34-21/h3,5-6,8,11-12,19,32H,1-2,4,7,9-10,14H2/t19-/m1/s1. The van der Waals surface area contributed by atoms with Crippen molar-refractivity contribution >= 4 is 34.6 Å². The maximum atomic E-state index is 13.8. The number of rotatable bonds is 3. The van der Waals surface area contributed by atoms with E-state index in [1.807, 2.05) is 6.07 Å². The highest BCUT2D eigenvalue weighted by Gasteiger charge is 2.57. The smallest absolute Gasteiger partial charge is 0.417 e. The Balaban J connectivity index is 1.58. The molecule has 2 aromatic carbocycles. The van der Waals surface area contributed by atoms with E-state index in [1.54, 1.807) is 23.1 Å². The number of fused-ring (bicyclic) bond motifs is 1. The summed E-state index contributed by atoms with van der Waals surface area (Å²) in [4.78, 5) is 16.8. The van der Waals surface area contributed by atoms with Gasteiger partial charge in [-0.2, -0.15) is 18.4 Å². The monoisotopic (exact) mass is 501 g/mol. The number of ether oxygens (including phenoxy) is 1. The molecule has 35 heavy (non-hydrogen) atoms. The average Bonchev–Trinajstić information content (AvgIpc) is 3.41. The summed E-state index contributed by atoms with van der Waals surface area (Å²) < 4.78 is 46.7. The van der Waals surface area contributed by atoms with Crippen LogP contribution in [0.15, 0.2) is 36.4 Å². The van der Waals surface area contributed by atoms with Gasteiger partial charge in [-0.15, -0.1) is 0 Å². The fourth-order valence-corrected chi connectivity index (χ4v) is 5.83. The van der Waals surface area contributed by atoms with Gasteiger partial charge in [0.1, 0.15) is 17.4 Å². The Morgan fingerprint density at radius 3 is 2.54 bits per heavy atom. The molecule has 182 valence electrons. The number of aliphatic hydroxyl groups excluding tert-OH is 1. The van der Waals surface area contributed by atoms with E-state index in [9.17, 15) is 23.1 Å². The third-order valence-electron chi connectivity index (χ3n) is 7.06. The van der Waals surface area contributed by atoms with E-state index in [0.717, 1.165) is 30.5 Å². The third-order valence-corrected chi connectivity index (χ3v) is 7.43. The van der Waals surface area contributed by atoms with Crippen LogP contribution in [0.5, 0.6) is 5.75 Å². The minimum atomic E-state index is -4.75. The van der Waals surface area contributed by atoms with Gasteiger partial charge in [0.25, 0.3) is 5.91 Å². The Morgan fingerprint density at radius 1 is 1.17 bits per heavy atom. The van der Waals surface area contributed by atoms with Crippen LogP contribution in [0, 0.1) is 11.3 Å². The van der Waals surface area contributed by atoms with E-state index in [-0.39, 0.29) is 29.4 Å². The Labute approximate surface area is 205 Å². The molecule has 0 radical (unpaired) electrons. The summed E-state index contributed by atoms with van der Waals surface area (Å²) in [6.07, 6.45) is -1.02. The summed E-state index contributed by atoms with van der Waals surface area (Å²) in [5.74, 6) is 0.307.